The predicted octanol–water partition coefficient (Wildman–Crippen LogP) is 3.28. The van der Waals surface area contributed by atoms with Gasteiger partial charge >= 0.3 is 0 Å². The summed E-state index contributed by atoms with van der Waals surface area (Å²) in [6, 6.07) is 7.65. The highest BCUT2D eigenvalue weighted by Gasteiger charge is 2.34. The van der Waals surface area contributed by atoms with Gasteiger partial charge in [-0.25, -0.2) is 0 Å². The molecule has 0 aliphatic heterocycles. The second kappa shape index (κ2) is 7.87. The molecule has 2 aromatic rings. The fourth-order valence-electron chi connectivity index (χ4n) is 3.69. The molecule has 26 heavy (non-hydrogen) atoms. The van der Waals surface area contributed by atoms with Crippen molar-refractivity contribution >= 4 is 5.91 Å². The van der Waals surface area contributed by atoms with Gasteiger partial charge in [-0.3, -0.25) is 9.78 Å². The molecule has 5 nitrogen and oxygen atoms in total. The van der Waals surface area contributed by atoms with E-state index in [4.69, 9.17) is 10.5 Å². The van der Waals surface area contributed by atoms with Gasteiger partial charge in [-0.15, -0.1) is 0 Å². The summed E-state index contributed by atoms with van der Waals surface area (Å²) in [4.78, 5) is 16.8. The standard InChI is InChI=1S/C21H27N3O2/c1-15-10-18(20(25)24-21(14-22)7-3-4-8-21)11-16(2)19(15)26-13-17-6-5-9-23-12-17/h5-6,9-12H,3-4,7-8,13-14,22H2,1-2H3,(H,24,25). The third-order valence-electron chi connectivity index (χ3n) is 5.16. The smallest absolute Gasteiger partial charge is 0.251 e. The van der Waals surface area contributed by atoms with Crippen molar-refractivity contribution in [1.82, 2.24) is 10.3 Å². The van der Waals surface area contributed by atoms with Crippen LogP contribution in [0.5, 0.6) is 5.75 Å². The van der Waals surface area contributed by atoms with E-state index in [2.05, 4.69) is 10.3 Å². The lowest BCUT2D eigenvalue weighted by atomic mass is 9.96. The SMILES string of the molecule is Cc1cc(C(=O)NC2(CN)CCCC2)cc(C)c1OCc1cccnc1. The molecule has 0 spiro atoms. The van der Waals surface area contributed by atoms with Crippen molar-refractivity contribution in [3.8, 4) is 5.75 Å². The fraction of sp³-hybridized carbons (Fsp3) is 0.429. The Hall–Kier alpha value is -2.40. The molecule has 1 aliphatic carbocycles. The average Bonchev–Trinajstić information content (AvgIpc) is 3.10. The van der Waals surface area contributed by atoms with E-state index in [-0.39, 0.29) is 11.4 Å². The average molecular weight is 353 g/mol. The third kappa shape index (κ3) is 4.05. The topological polar surface area (TPSA) is 77.2 Å². The molecule has 3 rings (SSSR count). The molecule has 1 aliphatic rings. The molecule has 1 amide bonds. The molecule has 0 bridgehead atoms. The van der Waals surface area contributed by atoms with E-state index in [9.17, 15) is 4.79 Å². The molecule has 1 aromatic heterocycles. The Kier molecular flexibility index (Phi) is 5.57. The summed E-state index contributed by atoms with van der Waals surface area (Å²) >= 11 is 0. The predicted molar refractivity (Wildman–Crippen MR) is 102 cm³/mol. The van der Waals surface area contributed by atoms with Gasteiger partial charge < -0.3 is 15.8 Å². The first-order valence-corrected chi connectivity index (χ1v) is 9.18. The molecule has 0 unspecified atom stereocenters. The number of hydrogen-bond donors (Lipinski definition) is 2. The molecule has 0 radical (unpaired) electrons. The first-order chi connectivity index (χ1) is 12.5. The number of carbonyl (C=O) groups is 1. The van der Waals surface area contributed by atoms with E-state index in [1.807, 2.05) is 38.1 Å². The second-order valence-corrected chi connectivity index (χ2v) is 7.23. The monoisotopic (exact) mass is 353 g/mol. The highest BCUT2D eigenvalue weighted by Crippen LogP contribution is 2.30. The molecule has 1 saturated carbocycles. The van der Waals surface area contributed by atoms with Crippen LogP contribution >= 0.6 is 0 Å². The summed E-state index contributed by atoms with van der Waals surface area (Å²) in [6.07, 6.45) is 7.69. The number of carbonyl (C=O) groups excluding carboxylic acids is 1. The number of benzene rings is 1. The Bertz CT molecular complexity index is 745. The summed E-state index contributed by atoms with van der Waals surface area (Å²) < 4.78 is 5.97. The molecule has 3 N–H and O–H groups in total. The van der Waals surface area contributed by atoms with Crippen LogP contribution in [-0.4, -0.2) is 23.0 Å². The largest absolute Gasteiger partial charge is 0.488 e. The van der Waals surface area contributed by atoms with Crippen molar-refractivity contribution in [3.05, 3.63) is 58.9 Å². The summed E-state index contributed by atoms with van der Waals surface area (Å²) in [5.74, 6) is 0.766. The second-order valence-electron chi connectivity index (χ2n) is 7.23. The Labute approximate surface area is 155 Å². The highest BCUT2D eigenvalue weighted by atomic mass is 16.5. The minimum absolute atomic E-state index is 0.0534. The maximum Gasteiger partial charge on any atom is 0.251 e. The van der Waals surface area contributed by atoms with Crippen LogP contribution in [0.25, 0.3) is 0 Å². The van der Waals surface area contributed by atoms with Gasteiger partial charge in [-0.2, -0.15) is 0 Å². The first-order valence-electron chi connectivity index (χ1n) is 9.18. The molecule has 5 heteroatoms. The van der Waals surface area contributed by atoms with Crippen molar-refractivity contribution in [2.75, 3.05) is 6.54 Å². The summed E-state index contributed by atoms with van der Waals surface area (Å²) in [5.41, 5.74) is 9.27. The molecule has 138 valence electrons. The highest BCUT2D eigenvalue weighted by molar-refractivity contribution is 5.95. The van der Waals surface area contributed by atoms with Crippen LogP contribution in [0.4, 0.5) is 0 Å². The van der Waals surface area contributed by atoms with Crippen LogP contribution in [0.3, 0.4) is 0 Å². The van der Waals surface area contributed by atoms with Gasteiger partial charge in [-0.05, 0) is 56.0 Å². The van der Waals surface area contributed by atoms with Crippen molar-refractivity contribution in [2.45, 2.75) is 51.7 Å². The van der Waals surface area contributed by atoms with Crippen LogP contribution in [0.1, 0.15) is 52.7 Å². The number of hydrogen-bond acceptors (Lipinski definition) is 4. The number of nitrogens with one attached hydrogen (secondary N) is 1. The number of aryl methyl sites for hydroxylation is 2. The Morgan fingerprint density at radius 2 is 1.96 bits per heavy atom. The van der Waals surface area contributed by atoms with Crippen LogP contribution < -0.4 is 15.8 Å². The zero-order valence-electron chi connectivity index (χ0n) is 15.5. The van der Waals surface area contributed by atoms with E-state index in [0.717, 1.165) is 48.1 Å². The van der Waals surface area contributed by atoms with Crippen LogP contribution in [0.2, 0.25) is 0 Å². The van der Waals surface area contributed by atoms with Gasteiger partial charge in [0.2, 0.25) is 0 Å². The summed E-state index contributed by atoms with van der Waals surface area (Å²) in [7, 11) is 0. The summed E-state index contributed by atoms with van der Waals surface area (Å²) in [5, 5.41) is 3.18. The molecular formula is C21H27N3O2. The molecule has 1 heterocycles. The Balaban J connectivity index is 1.73. The van der Waals surface area contributed by atoms with E-state index < -0.39 is 0 Å². The number of amides is 1. The minimum atomic E-state index is -0.242. The first kappa shape index (κ1) is 18.4. The third-order valence-corrected chi connectivity index (χ3v) is 5.16. The quantitative estimate of drug-likeness (QED) is 0.835. The molecular weight excluding hydrogens is 326 g/mol. The molecule has 0 saturated heterocycles. The van der Waals surface area contributed by atoms with E-state index in [1.54, 1.807) is 12.4 Å². The van der Waals surface area contributed by atoms with Crippen LogP contribution in [0.15, 0.2) is 36.7 Å². The zero-order valence-corrected chi connectivity index (χ0v) is 15.5. The van der Waals surface area contributed by atoms with Crippen molar-refractivity contribution in [2.24, 2.45) is 5.73 Å². The lowest BCUT2D eigenvalue weighted by molar-refractivity contribution is 0.0903. The Morgan fingerprint density at radius 1 is 1.27 bits per heavy atom. The fourth-order valence-corrected chi connectivity index (χ4v) is 3.69. The zero-order chi connectivity index (χ0) is 18.6. The number of nitrogens with two attached hydrogens (primary N) is 1. The van der Waals surface area contributed by atoms with E-state index in [1.165, 1.54) is 0 Å². The van der Waals surface area contributed by atoms with E-state index >= 15 is 0 Å². The van der Waals surface area contributed by atoms with Crippen molar-refractivity contribution in [1.29, 1.82) is 0 Å². The molecule has 0 atom stereocenters. The lowest BCUT2D eigenvalue weighted by Crippen LogP contribution is -2.51. The van der Waals surface area contributed by atoms with Gasteiger partial charge in [0.1, 0.15) is 12.4 Å². The van der Waals surface area contributed by atoms with Crippen molar-refractivity contribution < 1.29 is 9.53 Å². The number of pyridine rings is 1. The normalized spacial score (nSPS) is 15.7. The van der Waals surface area contributed by atoms with Crippen LogP contribution in [0, 0.1) is 13.8 Å². The lowest BCUT2D eigenvalue weighted by Gasteiger charge is -2.29. The maximum atomic E-state index is 12.7. The molecule has 1 aromatic carbocycles. The van der Waals surface area contributed by atoms with Gasteiger partial charge in [0.05, 0.1) is 5.54 Å². The minimum Gasteiger partial charge on any atom is -0.488 e. The van der Waals surface area contributed by atoms with Gasteiger partial charge in [0, 0.05) is 30.1 Å². The number of nitrogens with zero attached hydrogens (tertiary/aromatic N) is 1. The Morgan fingerprint density at radius 3 is 2.54 bits per heavy atom. The number of ether oxygens (including phenoxy) is 1. The van der Waals surface area contributed by atoms with Gasteiger partial charge in [-0.1, -0.05) is 18.9 Å². The van der Waals surface area contributed by atoms with Gasteiger partial charge in [0.25, 0.3) is 5.91 Å². The van der Waals surface area contributed by atoms with E-state index in [0.29, 0.717) is 18.7 Å². The van der Waals surface area contributed by atoms with Crippen molar-refractivity contribution in [3.63, 3.8) is 0 Å². The van der Waals surface area contributed by atoms with Crippen LogP contribution in [-0.2, 0) is 6.61 Å². The van der Waals surface area contributed by atoms with Gasteiger partial charge in [0.15, 0.2) is 0 Å². The maximum absolute atomic E-state index is 12.7. The number of aromatic nitrogens is 1. The summed E-state index contributed by atoms with van der Waals surface area (Å²) in [6.45, 7) is 4.88. The number of rotatable bonds is 6. The molecule has 1 fully saturated rings.